The number of ether oxygens (including phenoxy) is 1. The Morgan fingerprint density at radius 2 is 1.94 bits per heavy atom. The van der Waals surface area contributed by atoms with Crippen molar-refractivity contribution in [2.45, 2.75) is 19.9 Å². The summed E-state index contributed by atoms with van der Waals surface area (Å²) in [5.74, 6) is 0.334. The van der Waals surface area contributed by atoms with E-state index < -0.39 is 0 Å². The Morgan fingerprint density at radius 1 is 1.28 bits per heavy atom. The normalized spacial score (nSPS) is 12.2. The van der Waals surface area contributed by atoms with Crippen molar-refractivity contribution in [2.75, 3.05) is 25.6 Å². The summed E-state index contributed by atoms with van der Waals surface area (Å²) < 4.78 is 5.09. The molecule has 4 nitrogen and oxygen atoms in total. The molecule has 1 atom stereocenters. The van der Waals surface area contributed by atoms with Crippen molar-refractivity contribution < 1.29 is 9.53 Å². The highest BCUT2D eigenvalue weighted by Crippen LogP contribution is 2.05. The maximum absolute atomic E-state index is 11.8. The van der Waals surface area contributed by atoms with Crippen LogP contribution in [-0.4, -0.2) is 32.2 Å². The molecule has 0 saturated heterocycles. The van der Waals surface area contributed by atoms with E-state index in [1.54, 1.807) is 7.11 Å². The smallest absolute Gasteiger partial charge is 0.239 e. The first kappa shape index (κ1) is 14.5. The molecule has 1 aromatic rings. The zero-order valence-corrected chi connectivity index (χ0v) is 11.3. The number of hydrogen-bond acceptors (Lipinski definition) is 3. The van der Waals surface area contributed by atoms with E-state index >= 15 is 0 Å². The lowest BCUT2D eigenvalue weighted by atomic mass is 10.1. The maximum Gasteiger partial charge on any atom is 0.239 e. The lowest BCUT2D eigenvalue weighted by Gasteiger charge is -2.21. The third kappa shape index (κ3) is 5.19. The van der Waals surface area contributed by atoms with Crippen LogP contribution in [0.15, 0.2) is 30.3 Å². The summed E-state index contributed by atoms with van der Waals surface area (Å²) in [5, 5.41) is 6.04. The topological polar surface area (TPSA) is 50.4 Å². The van der Waals surface area contributed by atoms with Crippen LogP contribution in [0.3, 0.4) is 0 Å². The predicted octanol–water partition coefficient (Wildman–Crippen LogP) is 1.89. The molecule has 0 bridgehead atoms. The number of hydrogen-bond donors (Lipinski definition) is 2. The summed E-state index contributed by atoms with van der Waals surface area (Å²) in [6, 6.07) is 9.73. The summed E-state index contributed by atoms with van der Waals surface area (Å²) in [5.41, 5.74) is 0.945. The van der Waals surface area contributed by atoms with Gasteiger partial charge in [0, 0.05) is 12.8 Å². The van der Waals surface area contributed by atoms with Crippen LogP contribution in [-0.2, 0) is 9.53 Å². The first-order valence-corrected chi connectivity index (χ1v) is 6.20. The fourth-order valence-corrected chi connectivity index (χ4v) is 1.58. The highest BCUT2D eigenvalue weighted by molar-refractivity contribution is 5.80. The van der Waals surface area contributed by atoms with Crippen LogP contribution < -0.4 is 10.6 Å². The molecule has 2 N–H and O–H groups in total. The number of nitrogens with one attached hydrogen (secondary N) is 2. The molecule has 0 spiro atoms. The average Bonchev–Trinajstić information content (AvgIpc) is 2.37. The Labute approximate surface area is 109 Å². The van der Waals surface area contributed by atoms with Gasteiger partial charge in [-0.1, -0.05) is 32.0 Å². The molecule has 100 valence electrons. The molecule has 18 heavy (non-hydrogen) atoms. The van der Waals surface area contributed by atoms with Gasteiger partial charge in [-0.3, -0.25) is 4.79 Å². The van der Waals surface area contributed by atoms with Crippen molar-refractivity contribution in [3.05, 3.63) is 30.3 Å². The van der Waals surface area contributed by atoms with Gasteiger partial charge >= 0.3 is 0 Å². The Balaban J connectivity index is 2.36. The van der Waals surface area contributed by atoms with Crippen molar-refractivity contribution in [1.29, 1.82) is 0 Å². The van der Waals surface area contributed by atoms with E-state index in [-0.39, 0.29) is 18.5 Å². The number of anilines is 1. The molecule has 1 amide bonds. The lowest BCUT2D eigenvalue weighted by molar-refractivity contribution is -0.120. The number of para-hydroxylation sites is 1. The summed E-state index contributed by atoms with van der Waals surface area (Å²) in [7, 11) is 1.64. The third-order valence-electron chi connectivity index (χ3n) is 2.72. The van der Waals surface area contributed by atoms with Crippen molar-refractivity contribution in [3.63, 3.8) is 0 Å². The zero-order chi connectivity index (χ0) is 13.4. The van der Waals surface area contributed by atoms with Crippen molar-refractivity contribution in [3.8, 4) is 0 Å². The van der Waals surface area contributed by atoms with E-state index in [0.717, 1.165) is 5.69 Å². The fraction of sp³-hybridized carbons (Fsp3) is 0.500. The summed E-state index contributed by atoms with van der Waals surface area (Å²) in [6.07, 6.45) is 0. The van der Waals surface area contributed by atoms with E-state index in [9.17, 15) is 4.79 Å². The molecule has 1 rings (SSSR count). The Hall–Kier alpha value is -1.55. The summed E-state index contributed by atoms with van der Waals surface area (Å²) in [4.78, 5) is 11.8. The van der Waals surface area contributed by atoms with Crippen molar-refractivity contribution in [2.24, 2.45) is 5.92 Å². The van der Waals surface area contributed by atoms with Gasteiger partial charge < -0.3 is 15.4 Å². The number of rotatable bonds is 7. The summed E-state index contributed by atoms with van der Waals surface area (Å²) in [6.45, 7) is 4.94. The highest BCUT2D eigenvalue weighted by atomic mass is 16.5. The first-order valence-electron chi connectivity index (χ1n) is 6.20. The number of carbonyl (C=O) groups excluding carboxylic acids is 1. The van der Waals surface area contributed by atoms with Crippen LogP contribution in [0.25, 0.3) is 0 Å². The minimum Gasteiger partial charge on any atom is -0.383 e. The highest BCUT2D eigenvalue weighted by Gasteiger charge is 2.15. The van der Waals surface area contributed by atoms with E-state index in [1.807, 2.05) is 30.3 Å². The molecule has 0 aliphatic rings. The fourth-order valence-electron chi connectivity index (χ4n) is 1.58. The lowest BCUT2D eigenvalue weighted by Crippen LogP contribution is -2.44. The van der Waals surface area contributed by atoms with Gasteiger partial charge in [0.2, 0.25) is 5.91 Å². The second-order valence-electron chi connectivity index (χ2n) is 4.59. The van der Waals surface area contributed by atoms with Gasteiger partial charge in [0.1, 0.15) is 0 Å². The third-order valence-corrected chi connectivity index (χ3v) is 2.72. The Kier molecular flexibility index (Phi) is 6.22. The first-order chi connectivity index (χ1) is 8.63. The van der Waals surface area contributed by atoms with Crippen LogP contribution in [0.5, 0.6) is 0 Å². The second kappa shape index (κ2) is 7.71. The Morgan fingerprint density at radius 3 is 2.50 bits per heavy atom. The molecule has 1 aromatic carbocycles. The second-order valence-corrected chi connectivity index (χ2v) is 4.59. The van der Waals surface area contributed by atoms with Gasteiger partial charge in [-0.05, 0) is 18.1 Å². The molecule has 0 radical (unpaired) electrons. The molecule has 0 aliphatic carbocycles. The van der Waals surface area contributed by atoms with Crippen LogP contribution in [0, 0.1) is 5.92 Å². The minimum absolute atomic E-state index is 0.0189. The van der Waals surface area contributed by atoms with Gasteiger partial charge in [-0.2, -0.15) is 0 Å². The molecule has 0 heterocycles. The number of methoxy groups -OCH3 is 1. The van der Waals surface area contributed by atoms with Crippen LogP contribution in [0.2, 0.25) is 0 Å². The molecule has 0 unspecified atom stereocenters. The number of amides is 1. The monoisotopic (exact) mass is 250 g/mol. The van der Waals surface area contributed by atoms with Crippen molar-refractivity contribution >= 4 is 11.6 Å². The average molecular weight is 250 g/mol. The van der Waals surface area contributed by atoms with Crippen molar-refractivity contribution in [1.82, 2.24) is 5.32 Å². The molecule has 4 heteroatoms. The van der Waals surface area contributed by atoms with Gasteiger partial charge in [-0.15, -0.1) is 0 Å². The SMILES string of the molecule is COC[C@@H](NC(=O)CNc1ccccc1)C(C)C. The molecule has 0 aliphatic heterocycles. The molecular weight excluding hydrogens is 228 g/mol. The van der Waals surface area contributed by atoms with E-state index in [4.69, 9.17) is 4.74 Å². The molecular formula is C14H22N2O2. The van der Waals surface area contributed by atoms with Gasteiger partial charge in [0.05, 0.1) is 19.2 Å². The van der Waals surface area contributed by atoms with Crippen LogP contribution in [0.4, 0.5) is 5.69 Å². The zero-order valence-electron chi connectivity index (χ0n) is 11.3. The summed E-state index contributed by atoms with van der Waals surface area (Å²) >= 11 is 0. The predicted molar refractivity (Wildman–Crippen MR) is 73.6 cm³/mol. The van der Waals surface area contributed by atoms with Crippen LogP contribution in [0.1, 0.15) is 13.8 Å². The largest absolute Gasteiger partial charge is 0.383 e. The molecule has 0 fully saturated rings. The number of benzene rings is 1. The van der Waals surface area contributed by atoms with E-state index in [2.05, 4.69) is 24.5 Å². The molecule has 0 saturated carbocycles. The van der Waals surface area contributed by atoms with E-state index in [0.29, 0.717) is 12.5 Å². The van der Waals surface area contributed by atoms with Crippen LogP contribution >= 0.6 is 0 Å². The van der Waals surface area contributed by atoms with Gasteiger partial charge in [0.15, 0.2) is 0 Å². The van der Waals surface area contributed by atoms with E-state index in [1.165, 1.54) is 0 Å². The Bertz CT molecular complexity index is 352. The van der Waals surface area contributed by atoms with Gasteiger partial charge in [0.25, 0.3) is 0 Å². The molecule has 0 aromatic heterocycles. The number of carbonyl (C=O) groups is 1. The maximum atomic E-state index is 11.8. The minimum atomic E-state index is -0.0189. The standard InChI is InChI=1S/C14H22N2O2/c1-11(2)13(10-18-3)16-14(17)9-15-12-7-5-4-6-8-12/h4-8,11,13,15H,9-10H2,1-3H3,(H,16,17)/t13-/m1/s1. The van der Waals surface area contributed by atoms with Gasteiger partial charge in [-0.25, -0.2) is 0 Å². The quantitative estimate of drug-likeness (QED) is 0.777.